The van der Waals surface area contributed by atoms with E-state index in [0.717, 1.165) is 25.9 Å². The van der Waals surface area contributed by atoms with Crippen LogP contribution in [0.3, 0.4) is 0 Å². The number of hydrogen-bond acceptors (Lipinski definition) is 6. The van der Waals surface area contributed by atoms with Gasteiger partial charge in [0.15, 0.2) is 5.65 Å². The quantitative estimate of drug-likeness (QED) is 0.830. The summed E-state index contributed by atoms with van der Waals surface area (Å²) in [5, 5.41) is 0.295. The third kappa shape index (κ3) is 2.35. The topological polar surface area (TPSA) is 88.2 Å². The largest absolute Gasteiger partial charge is 0.465 e. The summed E-state index contributed by atoms with van der Waals surface area (Å²) >= 11 is 0. The lowest BCUT2D eigenvalue weighted by molar-refractivity contribution is 0.0599. The van der Waals surface area contributed by atoms with Crippen LogP contribution in [0, 0.1) is 6.92 Å². The third-order valence-corrected chi connectivity index (χ3v) is 3.69. The summed E-state index contributed by atoms with van der Waals surface area (Å²) < 4.78 is 4.69. The molecule has 7 heteroatoms. The van der Waals surface area contributed by atoms with Gasteiger partial charge >= 0.3 is 5.97 Å². The van der Waals surface area contributed by atoms with Gasteiger partial charge in [-0.25, -0.2) is 9.78 Å². The molecule has 2 aromatic heterocycles. The number of fused-ring (bicyclic) bond motifs is 1. The number of ether oxygens (including phenoxy) is 1. The molecule has 21 heavy (non-hydrogen) atoms. The van der Waals surface area contributed by atoms with Gasteiger partial charge in [0.25, 0.3) is 5.56 Å². The number of hydrogen-bond donors (Lipinski definition) is 1. The van der Waals surface area contributed by atoms with Gasteiger partial charge in [-0.15, -0.1) is 0 Å². The molecule has 0 aromatic carbocycles. The molecule has 0 bridgehead atoms. The number of carbonyl (C=O) groups is 1. The monoisotopic (exact) mass is 288 g/mol. The molecule has 0 amide bonds. The fraction of sp³-hybridized carbons (Fsp3) is 0.429. The number of anilines is 1. The second-order valence-corrected chi connectivity index (χ2v) is 5.07. The fourth-order valence-electron chi connectivity index (χ4n) is 2.54. The van der Waals surface area contributed by atoms with E-state index >= 15 is 0 Å². The molecule has 0 radical (unpaired) electrons. The Kier molecular flexibility index (Phi) is 3.32. The summed E-state index contributed by atoms with van der Waals surface area (Å²) in [5.74, 6) is 0.0348. The lowest BCUT2D eigenvalue weighted by atomic mass is 10.1. The summed E-state index contributed by atoms with van der Waals surface area (Å²) in [6.45, 7) is 3.46. The number of pyridine rings is 1. The highest BCUT2D eigenvalue weighted by Crippen LogP contribution is 2.18. The Morgan fingerprint density at radius 1 is 1.33 bits per heavy atom. The molecule has 110 valence electrons. The van der Waals surface area contributed by atoms with Gasteiger partial charge in [-0.05, 0) is 25.8 Å². The number of aromatic amines is 1. The maximum Gasteiger partial charge on any atom is 0.339 e. The van der Waals surface area contributed by atoms with Crippen molar-refractivity contribution in [2.75, 3.05) is 25.1 Å². The van der Waals surface area contributed by atoms with Gasteiger partial charge in [0.05, 0.1) is 23.8 Å². The van der Waals surface area contributed by atoms with Crippen LogP contribution in [0.15, 0.2) is 10.9 Å². The Morgan fingerprint density at radius 2 is 2.05 bits per heavy atom. The minimum absolute atomic E-state index is 0.284. The lowest BCUT2D eigenvalue weighted by Gasteiger charge is -2.15. The average molecular weight is 288 g/mol. The van der Waals surface area contributed by atoms with Crippen molar-refractivity contribution in [2.24, 2.45) is 0 Å². The Bertz CT molecular complexity index is 763. The van der Waals surface area contributed by atoms with E-state index in [1.807, 2.05) is 4.90 Å². The molecule has 0 saturated carbocycles. The molecule has 1 saturated heterocycles. The number of methoxy groups -OCH3 is 1. The van der Waals surface area contributed by atoms with E-state index in [1.165, 1.54) is 13.2 Å². The van der Waals surface area contributed by atoms with E-state index in [1.54, 1.807) is 6.92 Å². The van der Waals surface area contributed by atoms with Crippen molar-refractivity contribution < 1.29 is 9.53 Å². The minimum atomic E-state index is -0.509. The first-order valence-corrected chi connectivity index (χ1v) is 6.85. The van der Waals surface area contributed by atoms with Gasteiger partial charge in [0.1, 0.15) is 0 Å². The van der Waals surface area contributed by atoms with Crippen molar-refractivity contribution in [3.05, 3.63) is 27.7 Å². The van der Waals surface area contributed by atoms with Crippen LogP contribution in [-0.4, -0.2) is 41.1 Å². The first-order valence-electron chi connectivity index (χ1n) is 6.85. The van der Waals surface area contributed by atoms with Gasteiger partial charge in [-0.1, -0.05) is 0 Å². The highest BCUT2D eigenvalue weighted by atomic mass is 16.5. The molecule has 0 aliphatic carbocycles. The van der Waals surface area contributed by atoms with Crippen LogP contribution >= 0.6 is 0 Å². The number of aromatic nitrogens is 3. The number of esters is 1. The van der Waals surface area contributed by atoms with Crippen LogP contribution < -0.4 is 10.5 Å². The van der Waals surface area contributed by atoms with Crippen molar-refractivity contribution in [1.29, 1.82) is 0 Å². The Balaban J connectivity index is 2.16. The maximum absolute atomic E-state index is 12.2. The van der Waals surface area contributed by atoms with E-state index in [4.69, 9.17) is 4.74 Å². The van der Waals surface area contributed by atoms with Crippen LogP contribution in [0.25, 0.3) is 11.0 Å². The van der Waals surface area contributed by atoms with Gasteiger partial charge in [0.2, 0.25) is 5.95 Å². The lowest BCUT2D eigenvalue weighted by Crippen LogP contribution is -2.24. The molecule has 1 fully saturated rings. The molecule has 0 atom stereocenters. The third-order valence-electron chi connectivity index (χ3n) is 3.69. The minimum Gasteiger partial charge on any atom is -0.465 e. The molecule has 2 aromatic rings. The van der Waals surface area contributed by atoms with Crippen molar-refractivity contribution in [3.8, 4) is 0 Å². The summed E-state index contributed by atoms with van der Waals surface area (Å²) in [6.07, 6.45) is 2.19. The highest BCUT2D eigenvalue weighted by molar-refractivity contribution is 5.94. The van der Waals surface area contributed by atoms with Gasteiger partial charge in [-0.3, -0.25) is 9.78 Å². The first-order chi connectivity index (χ1) is 10.1. The second-order valence-electron chi connectivity index (χ2n) is 5.07. The molecule has 7 nitrogen and oxygen atoms in total. The molecule has 1 aliphatic rings. The standard InChI is InChI=1S/C14H16N4O3/c1-8-9(13(20)21-2)7-10-11(15-8)16-14(17-12(10)19)18-5-3-4-6-18/h7H,3-6H2,1-2H3,(H,15,16,17,19). The Hall–Kier alpha value is -2.44. The van der Waals surface area contributed by atoms with E-state index < -0.39 is 5.97 Å². The van der Waals surface area contributed by atoms with Crippen LogP contribution in [0.1, 0.15) is 28.9 Å². The summed E-state index contributed by atoms with van der Waals surface area (Å²) in [6, 6.07) is 1.49. The molecule has 1 aliphatic heterocycles. The number of H-pyrrole nitrogens is 1. The zero-order valence-electron chi connectivity index (χ0n) is 12.0. The molecule has 3 rings (SSSR count). The average Bonchev–Trinajstić information content (AvgIpc) is 3.00. The zero-order valence-corrected chi connectivity index (χ0v) is 12.0. The van der Waals surface area contributed by atoms with Crippen molar-refractivity contribution in [1.82, 2.24) is 15.0 Å². The number of nitrogens with one attached hydrogen (secondary N) is 1. The first kappa shape index (κ1) is 13.5. The predicted octanol–water partition coefficient (Wildman–Crippen LogP) is 1.01. The normalized spacial score (nSPS) is 14.7. The van der Waals surface area contributed by atoms with Crippen LogP contribution in [0.2, 0.25) is 0 Å². The van der Waals surface area contributed by atoms with E-state index in [0.29, 0.717) is 22.7 Å². The molecular formula is C14H16N4O3. The Labute approximate surface area is 121 Å². The van der Waals surface area contributed by atoms with Gasteiger partial charge < -0.3 is 9.64 Å². The highest BCUT2D eigenvalue weighted by Gasteiger charge is 2.18. The summed E-state index contributed by atoms with van der Waals surface area (Å²) in [5.41, 5.74) is 0.844. The SMILES string of the molecule is COC(=O)c1cc2c(=O)[nH]c(N3CCCC3)nc2nc1C. The van der Waals surface area contributed by atoms with Crippen LogP contribution in [0.5, 0.6) is 0 Å². The van der Waals surface area contributed by atoms with Gasteiger partial charge in [0, 0.05) is 13.1 Å². The number of rotatable bonds is 2. The fourth-order valence-corrected chi connectivity index (χ4v) is 2.54. The van der Waals surface area contributed by atoms with Crippen LogP contribution in [0.4, 0.5) is 5.95 Å². The van der Waals surface area contributed by atoms with E-state index in [9.17, 15) is 9.59 Å². The number of aryl methyl sites for hydroxylation is 1. The smallest absolute Gasteiger partial charge is 0.339 e. The molecule has 0 spiro atoms. The van der Waals surface area contributed by atoms with Crippen molar-refractivity contribution in [3.63, 3.8) is 0 Å². The van der Waals surface area contributed by atoms with Crippen LogP contribution in [-0.2, 0) is 4.74 Å². The number of carbonyl (C=O) groups excluding carboxylic acids is 1. The van der Waals surface area contributed by atoms with Crippen molar-refractivity contribution >= 4 is 23.0 Å². The molecular weight excluding hydrogens is 272 g/mol. The summed E-state index contributed by atoms with van der Waals surface area (Å²) in [4.78, 5) is 37.4. The molecule has 0 unspecified atom stereocenters. The van der Waals surface area contributed by atoms with E-state index in [2.05, 4.69) is 15.0 Å². The maximum atomic E-state index is 12.2. The Morgan fingerprint density at radius 3 is 2.71 bits per heavy atom. The van der Waals surface area contributed by atoms with Crippen molar-refractivity contribution in [2.45, 2.75) is 19.8 Å². The van der Waals surface area contributed by atoms with Gasteiger partial charge in [-0.2, -0.15) is 4.98 Å². The molecule has 1 N–H and O–H groups in total. The predicted molar refractivity (Wildman–Crippen MR) is 77.7 cm³/mol. The summed E-state index contributed by atoms with van der Waals surface area (Å²) in [7, 11) is 1.30. The van der Waals surface area contributed by atoms with E-state index in [-0.39, 0.29) is 11.1 Å². The number of nitrogens with zero attached hydrogens (tertiary/aromatic N) is 3. The second kappa shape index (κ2) is 5.16. The molecule has 3 heterocycles. The zero-order chi connectivity index (χ0) is 15.0.